The van der Waals surface area contributed by atoms with Gasteiger partial charge in [-0.05, 0) is 6.07 Å². The predicted octanol–water partition coefficient (Wildman–Crippen LogP) is -0.0186. The number of rotatable bonds is 0. The van der Waals surface area contributed by atoms with E-state index in [-0.39, 0.29) is 16.9 Å². The molecule has 0 unspecified atom stereocenters. The number of carbonyl (C=O) groups excluding carboxylic acids is 2. The maximum Gasteiger partial charge on any atom is 0.262 e. The molecule has 0 atom stereocenters. The summed E-state index contributed by atoms with van der Waals surface area (Å²) in [7, 11) is 0. The quantitative estimate of drug-likeness (QED) is 0.488. The van der Waals surface area contributed by atoms with E-state index in [0.717, 1.165) is 12.1 Å². The van der Waals surface area contributed by atoms with Crippen molar-refractivity contribution in [2.45, 2.75) is 0 Å². The average molecular weight is 179 g/mol. The third-order valence-corrected chi connectivity index (χ3v) is 1.80. The van der Waals surface area contributed by atoms with Crippen molar-refractivity contribution in [2.75, 3.05) is 0 Å². The van der Waals surface area contributed by atoms with Crippen LogP contribution in [0.3, 0.4) is 0 Å². The van der Waals surface area contributed by atoms with Crippen LogP contribution in [0.1, 0.15) is 20.7 Å². The number of aromatic hydroxyl groups is 2. The van der Waals surface area contributed by atoms with Crippen LogP contribution >= 0.6 is 0 Å². The monoisotopic (exact) mass is 179 g/mol. The van der Waals surface area contributed by atoms with E-state index in [2.05, 4.69) is 0 Å². The summed E-state index contributed by atoms with van der Waals surface area (Å²) in [4.78, 5) is 22.1. The third kappa shape index (κ3) is 0.936. The van der Waals surface area contributed by atoms with E-state index < -0.39 is 17.6 Å². The minimum Gasteiger partial charge on any atom is -0.508 e. The van der Waals surface area contributed by atoms with Crippen LogP contribution in [-0.2, 0) is 0 Å². The lowest BCUT2D eigenvalue weighted by Gasteiger charge is -1.98. The molecule has 0 aromatic heterocycles. The van der Waals surface area contributed by atoms with Crippen LogP contribution < -0.4 is 5.32 Å². The summed E-state index contributed by atoms with van der Waals surface area (Å²) in [6.45, 7) is 0. The van der Waals surface area contributed by atoms with Gasteiger partial charge in [0.25, 0.3) is 11.8 Å². The van der Waals surface area contributed by atoms with Gasteiger partial charge in [0.2, 0.25) is 0 Å². The summed E-state index contributed by atoms with van der Waals surface area (Å²) in [5.74, 6) is -1.89. The van der Waals surface area contributed by atoms with Gasteiger partial charge in [0.15, 0.2) is 0 Å². The second-order valence-electron chi connectivity index (χ2n) is 2.67. The second-order valence-corrected chi connectivity index (χ2v) is 2.67. The lowest BCUT2D eigenvalue weighted by atomic mass is 10.1. The molecule has 13 heavy (non-hydrogen) atoms. The Morgan fingerprint density at radius 3 is 2.46 bits per heavy atom. The number of phenolic OH excluding ortho intramolecular Hbond substituents is 2. The molecule has 1 heterocycles. The van der Waals surface area contributed by atoms with Gasteiger partial charge in [0, 0.05) is 6.07 Å². The van der Waals surface area contributed by atoms with Crippen LogP contribution in [-0.4, -0.2) is 22.0 Å². The van der Waals surface area contributed by atoms with Gasteiger partial charge in [-0.15, -0.1) is 0 Å². The minimum atomic E-state index is -0.641. The Morgan fingerprint density at radius 2 is 1.77 bits per heavy atom. The van der Waals surface area contributed by atoms with Crippen molar-refractivity contribution in [2.24, 2.45) is 0 Å². The fourth-order valence-electron chi connectivity index (χ4n) is 1.26. The summed E-state index contributed by atoms with van der Waals surface area (Å²) in [6.07, 6.45) is 0. The van der Waals surface area contributed by atoms with Crippen LogP contribution in [0.4, 0.5) is 0 Å². The molecular weight excluding hydrogens is 174 g/mol. The van der Waals surface area contributed by atoms with Gasteiger partial charge < -0.3 is 10.2 Å². The first kappa shape index (κ1) is 7.60. The van der Waals surface area contributed by atoms with Crippen molar-refractivity contribution in [1.82, 2.24) is 5.32 Å². The fraction of sp³-hybridized carbons (Fsp3) is 0. The Bertz CT molecular complexity index is 424. The summed E-state index contributed by atoms with van der Waals surface area (Å²) < 4.78 is 0. The summed E-state index contributed by atoms with van der Waals surface area (Å²) in [6, 6.07) is 2.15. The van der Waals surface area contributed by atoms with E-state index in [1.165, 1.54) is 0 Å². The molecule has 0 bridgehead atoms. The largest absolute Gasteiger partial charge is 0.508 e. The number of hydrogen-bond acceptors (Lipinski definition) is 4. The van der Waals surface area contributed by atoms with Crippen LogP contribution in [0, 0.1) is 0 Å². The molecule has 1 aromatic rings. The average Bonchev–Trinajstić information content (AvgIpc) is 2.27. The first-order valence-corrected chi connectivity index (χ1v) is 3.51. The molecular formula is C8H5NO4. The van der Waals surface area contributed by atoms with E-state index in [0.29, 0.717) is 0 Å². The zero-order valence-corrected chi connectivity index (χ0v) is 6.37. The molecule has 2 rings (SSSR count). The van der Waals surface area contributed by atoms with Crippen molar-refractivity contribution >= 4 is 11.8 Å². The van der Waals surface area contributed by atoms with Gasteiger partial charge in [-0.1, -0.05) is 0 Å². The highest BCUT2D eigenvalue weighted by molar-refractivity contribution is 6.22. The minimum absolute atomic E-state index is 0.00231. The number of benzene rings is 1. The topological polar surface area (TPSA) is 86.6 Å². The highest BCUT2D eigenvalue weighted by atomic mass is 16.3. The molecule has 5 nitrogen and oxygen atoms in total. The SMILES string of the molecule is O=C1NC(=O)c2c(O)cc(O)cc21. The fourth-order valence-corrected chi connectivity index (χ4v) is 1.26. The van der Waals surface area contributed by atoms with Gasteiger partial charge in [-0.25, -0.2) is 0 Å². The van der Waals surface area contributed by atoms with Crippen molar-refractivity contribution in [3.05, 3.63) is 23.3 Å². The smallest absolute Gasteiger partial charge is 0.262 e. The second kappa shape index (κ2) is 2.22. The number of nitrogens with one attached hydrogen (secondary N) is 1. The van der Waals surface area contributed by atoms with Crippen LogP contribution in [0.5, 0.6) is 11.5 Å². The van der Waals surface area contributed by atoms with Gasteiger partial charge in [-0.2, -0.15) is 0 Å². The number of phenols is 2. The van der Waals surface area contributed by atoms with Crippen LogP contribution in [0.15, 0.2) is 12.1 Å². The van der Waals surface area contributed by atoms with Crippen molar-refractivity contribution < 1.29 is 19.8 Å². The first-order chi connectivity index (χ1) is 6.09. The van der Waals surface area contributed by atoms with E-state index in [1.54, 1.807) is 0 Å². The molecule has 1 aliphatic heterocycles. The first-order valence-electron chi connectivity index (χ1n) is 3.51. The maximum atomic E-state index is 11.0. The summed E-state index contributed by atoms with van der Waals surface area (Å²) in [5.41, 5.74) is -0.0784. The molecule has 0 aliphatic carbocycles. The summed E-state index contributed by atoms with van der Waals surface area (Å²) >= 11 is 0. The Hall–Kier alpha value is -2.04. The van der Waals surface area contributed by atoms with Gasteiger partial charge in [0.05, 0.1) is 11.1 Å². The standard InChI is InChI=1S/C8H5NO4/c10-3-1-4-6(5(11)2-3)8(13)9-7(4)12/h1-2,10-11H,(H,9,12,13). The molecule has 0 spiro atoms. The Kier molecular flexibility index (Phi) is 1.30. The highest BCUT2D eigenvalue weighted by Gasteiger charge is 2.30. The highest BCUT2D eigenvalue weighted by Crippen LogP contribution is 2.29. The van der Waals surface area contributed by atoms with E-state index in [9.17, 15) is 14.7 Å². The zero-order valence-electron chi connectivity index (χ0n) is 6.37. The van der Waals surface area contributed by atoms with E-state index >= 15 is 0 Å². The number of fused-ring (bicyclic) bond motifs is 1. The van der Waals surface area contributed by atoms with Crippen molar-refractivity contribution in [3.63, 3.8) is 0 Å². The van der Waals surface area contributed by atoms with Crippen LogP contribution in [0.2, 0.25) is 0 Å². The molecule has 0 saturated heterocycles. The maximum absolute atomic E-state index is 11.0. The van der Waals surface area contributed by atoms with Crippen molar-refractivity contribution in [3.8, 4) is 11.5 Å². The molecule has 1 aliphatic rings. The molecule has 0 radical (unpaired) electrons. The Morgan fingerprint density at radius 1 is 1.08 bits per heavy atom. The number of amides is 2. The molecule has 66 valence electrons. The number of hydrogen-bond donors (Lipinski definition) is 3. The normalized spacial score (nSPS) is 14.2. The lowest BCUT2D eigenvalue weighted by Crippen LogP contribution is -2.19. The van der Waals surface area contributed by atoms with E-state index in [4.69, 9.17) is 5.11 Å². The Labute approximate surface area is 72.6 Å². The molecule has 5 heteroatoms. The predicted molar refractivity (Wildman–Crippen MR) is 41.6 cm³/mol. The lowest BCUT2D eigenvalue weighted by molar-refractivity contribution is 0.0879. The number of carbonyl (C=O) groups is 2. The number of imide groups is 1. The van der Waals surface area contributed by atoms with Crippen LogP contribution in [0.25, 0.3) is 0 Å². The van der Waals surface area contributed by atoms with Gasteiger partial charge in [-0.3, -0.25) is 14.9 Å². The molecule has 2 amide bonds. The van der Waals surface area contributed by atoms with Crippen molar-refractivity contribution in [1.29, 1.82) is 0 Å². The summed E-state index contributed by atoms with van der Waals surface area (Å²) in [5, 5.41) is 20.3. The molecule has 3 N–H and O–H groups in total. The molecule has 0 saturated carbocycles. The molecule has 1 aromatic carbocycles. The van der Waals surface area contributed by atoms with Gasteiger partial charge >= 0.3 is 0 Å². The Balaban J connectivity index is 2.77. The zero-order chi connectivity index (χ0) is 9.59. The van der Waals surface area contributed by atoms with E-state index in [1.807, 2.05) is 5.32 Å². The van der Waals surface area contributed by atoms with Gasteiger partial charge in [0.1, 0.15) is 11.5 Å². The third-order valence-electron chi connectivity index (χ3n) is 1.80. The molecule has 0 fully saturated rings.